The zero-order valence-corrected chi connectivity index (χ0v) is 12.8. The van der Waals surface area contributed by atoms with E-state index in [1.165, 1.54) is 12.8 Å². The molecular formula is C16H22N2O3. The monoisotopic (exact) mass is 290 g/mol. The topological polar surface area (TPSA) is 58.6 Å². The van der Waals surface area contributed by atoms with Crippen LogP contribution in [0.25, 0.3) is 0 Å². The van der Waals surface area contributed by atoms with E-state index >= 15 is 0 Å². The van der Waals surface area contributed by atoms with E-state index in [1.807, 2.05) is 38.1 Å². The van der Waals surface area contributed by atoms with Crippen molar-refractivity contribution in [3.05, 3.63) is 29.8 Å². The quantitative estimate of drug-likeness (QED) is 0.812. The summed E-state index contributed by atoms with van der Waals surface area (Å²) in [5.74, 6) is -0.134. The molecule has 0 saturated heterocycles. The van der Waals surface area contributed by atoms with Gasteiger partial charge in [-0.25, -0.2) is 4.79 Å². The number of hydrogen-bond acceptors (Lipinski definition) is 4. The number of esters is 1. The smallest absolute Gasteiger partial charge is 0.338 e. The first kappa shape index (κ1) is 15.4. The molecular weight excluding hydrogens is 268 g/mol. The fraction of sp³-hybridized carbons (Fsp3) is 0.500. The third-order valence-corrected chi connectivity index (χ3v) is 3.67. The summed E-state index contributed by atoms with van der Waals surface area (Å²) in [6.07, 6.45) is 2.33. The number of carbonyl (C=O) groups is 2. The van der Waals surface area contributed by atoms with Gasteiger partial charge in [0.1, 0.15) is 0 Å². The van der Waals surface area contributed by atoms with Crippen LogP contribution in [0.2, 0.25) is 0 Å². The van der Waals surface area contributed by atoms with Gasteiger partial charge >= 0.3 is 5.97 Å². The summed E-state index contributed by atoms with van der Waals surface area (Å²) >= 11 is 0. The van der Waals surface area contributed by atoms with Gasteiger partial charge in [-0.3, -0.25) is 4.79 Å². The summed E-state index contributed by atoms with van der Waals surface area (Å²) in [6, 6.07) is 7.23. The number of hydrogen-bond donors (Lipinski definition) is 1. The Hall–Kier alpha value is -2.04. The maximum atomic E-state index is 11.8. The molecule has 1 atom stereocenters. The molecule has 21 heavy (non-hydrogen) atoms. The van der Waals surface area contributed by atoms with Crippen LogP contribution >= 0.6 is 0 Å². The van der Waals surface area contributed by atoms with Gasteiger partial charge in [-0.15, -0.1) is 0 Å². The minimum atomic E-state index is -0.477. The average molecular weight is 290 g/mol. The van der Waals surface area contributed by atoms with E-state index in [4.69, 9.17) is 4.74 Å². The highest BCUT2D eigenvalue weighted by Crippen LogP contribution is 2.32. The van der Waals surface area contributed by atoms with Crippen LogP contribution in [-0.2, 0) is 9.53 Å². The van der Waals surface area contributed by atoms with Crippen molar-refractivity contribution in [3.63, 3.8) is 0 Å². The number of ether oxygens (including phenoxy) is 1. The van der Waals surface area contributed by atoms with Gasteiger partial charge in [0.2, 0.25) is 0 Å². The third kappa shape index (κ3) is 4.48. The number of anilines is 1. The maximum Gasteiger partial charge on any atom is 0.338 e. The predicted octanol–water partition coefficient (Wildman–Crippen LogP) is 1.82. The zero-order chi connectivity index (χ0) is 15.4. The van der Waals surface area contributed by atoms with Crippen molar-refractivity contribution in [1.29, 1.82) is 0 Å². The molecule has 0 aromatic heterocycles. The molecule has 1 fully saturated rings. The second-order valence-corrected chi connectivity index (χ2v) is 5.71. The van der Waals surface area contributed by atoms with Crippen LogP contribution in [0.1, 0.15) is 30.1 Å². The van der Waals surface area contributed by atoms with Crippen LogP contribution in [0.15, 0.2) is 24.3 Å². The summed E-state index contributed by atoms with van der Waals surface area (Å²) in [6.45, 7) is 1.75. The molecule has 0 bridgehead atoms. The normalized spacial score (nSPS) is 15.2. The van der Waals surface area contributed by atoms with Crippen LogP contribution in [-0.4, -0.2) is 38.6 Å². The zero-order valence-electron chi connectivity index (χ0n) is 12.8. The SMILES string of the molecule is C[C@@H](NC(=O)COC(=O)c1ccc(N(C)C)cc1)C1CC1. The number of nitrogens with zero attached hydrogens (tertiary/aromatic N) is 1. The van der Waals surface area contributed by atoms with Crippen molar-refractivity contribution in [1.82, 2.24) is 5.32 Å². The molecule has 1 N–H and O–H groups in total. The predicted molar refractivity (Wildman–Crippen MR) is 81.4 cm³/mol. The van der Waals surface area contributed by atoms with Gasteiger partial charge in [0.05, 0.1) is 5.56 Å². The van der Waals surface area contributed by atoms with Gasteiger partial charge in [-0.05, 0) is 49.9 Å². The van der Waals surface area contributed by atoms with Crippen LogP contribution in [0.4, 0.5) is 5.69 Å². The van der Waals surface area contributed by atoms with Crippen molar-refractivity contribution in [2.24, 2.45) is 5.92 Å². The molecule has 0 aliphatic heterocycles. The molecule has 0 radical (unpaired) electrons. The third-order valence-electron chi connectivity index (χ3n) is 3.67. The fourth-order valence-electron chi connectivity index (χ4n) is 2.12. The van der Waals surface area contributed by atoms with Crippen molar-refractivity contribution >= 4 is 17.6 Å². The van der Waals surface area contributed by atoms with Gasteiger partial charge in [-0.1, -0.05) is 0 Å². The molecule has 5 heteroatoms. The minimum absolute atomic E-state index is 0.163. The number of benzene rings is 1. The highest BCUT2D eigenvalue weighted by molar-refractivity contribution is 5.91. The van der Waals surface area contributed by atoms with Gasteiger partial charge in [0.25, 0.3) is 5.91 Å². The Morgan fingerprint density at radius 2 is 1.90 bits per heavy atom. The lowest BCUT2D eigenvalue weighted by atomic mass is 10.2. The van der Waals surface area contributed by atoms with Crippen molar-refractivity contribution in [2.75, 3.05) is 25.6 Å². The molecule has 1 aromatic rings. The molecule has 1 saturated carbocycles. The number of carbonyl (C=O) groups excluding carboxylic acids is 2. The van der Waals surface area contributed by atoms with Crippen molar-refractivity contribution in [2.45, 2.75) is 25.8 Å². The summed E-state index contributed by atoms with van der Waals surface area (Å²) in [5.41, 5.74) is 1.45. The first-order valence-electron chi connectivity index (χ1n) is 7.21. The van der Waals surface area contributed by atoms with E-state index < -0.39 is 5.97 Å². The summed E-state index contributed by atoms with van der Waals surface area (Å²) < 4.78 is 5.03. The summed E-state index contributed by atoms with van der Waals surface area (Å²) in [5, 5.41) is 2.85. The second-order valence-electron chi connectivity index (χ2n) is 5.71. The molecule has 1 aromatic carbocycles. The van der Waals surface area contributed by atoms with Gasteiger partial charge < -0.3 is 15.0 Å². The summed E-state index contributed by atoms with van der Waals surface area (Å²) in [4.78, 5) is 25.5. The highest BCUT2D eigenvalue weighted by atomic mass is 16.5. The molecule has 1 amide bonds. The van der Waals surface area contributed by atoms with Crippen LogP contribution in [0, 0.1) is 5.92 Å². The Balaban J connectivity index is 1.79. The number of rotatable bonds is 6. The van der Waals surface area contributed by atoms with Crippen molar-refractivity contribution in [3.8, 4) is 0 Å². The van der Waals surface area contributed by atoms with Crippen LogP contribution in [0.5, 0.6) is 0 Å². The van der Waals surface area contributed by atoms with Crippen molar-refractivity contribution < 1.29 is 14.3 Å². The Bertz CT molecular complexity index is 507. The van der Waals surface area contributed by atoms with E-state index in [-0.39, 0.29) is 18.6 Å². The average Bonchev–Trinajstić information content (AvgIpc) is 3.29. The fourth-order valence-corrected chi connectivity index (χ4v) is 2.12. The van der Waals surface area contributed by atoms with Gasteiger partial charge in [-0.2, -0.15) is 0 Å². The molecule has 0 heterocycles. The van der Waals surface area contributed by atoms with Gasteiger partial charge in [0.15, 0.2) is 6.61 Å². The minimum Gasteiger partial charge on any atom is -0.452 e. The van der Waals surface area contributed by atoms with E-state index in [0.717, 1.165) is 5.69 Å². The lowest BCUT2D eigenvalue weighted by Gasteiger charge is -2.13. The number of amides is 1. The molecule has 114 valence electrons. The lowest BCUT2D eigenvalue weighted by Crippen LogP contribution is -2.37. The summed E-state index contributed by atoms with van der Waals surface area (Å²) in [7, 11) is 3.86. The Morgan fingerprint density at radius 3 is 2.43 bits per heavy atom. The molecule has 1 aliphatic rings. The van der Waals surface area contributed by atoms with E-state index in [0.29, 0.717) is 11.5 Å². The first-order chi connectivity index (χ1) is 9.97. The van der Waals surface area contributed by atoms with E-state index in [2.05, 4.69) is 5.32 Å². The van der Waals surface area contributed by atoms with Crippen LogP contribution in [0.3, 0.4) is 0 Å². The Kier molecular flexibility index (Phi) is 4.83. The van der Waals surface area contributed by atoms with E-state index in [1.54, 1.807) is 12.1 Å². The number of nitrogens with one attached hydrogen (secondary N) is 1. The second kappa shape index (κ2) is 6.61. The Labute approximate surface area is 125 Å². The first-order valence-corrected chi connectivity index (χ1v) is 7.21. The Morgan fingerprint density at radius 1 is 1.29 bits per heavy atom. The lowest BCUT2D eigenvalue weighted by molar-refractivity contribution is -0.124. The maximum absolute atomic E-state index is 11.8. The molecule has 2 rings (SSSR count). The molecule has 1 aliphatic carbocycles. The molecule has 5 nitrogen and oxygen atoms in total. The standard InChI is InChI=1S/C16H22N2O3/c1-11(12-4-5-12)17-15(19)10-21-16(20)13-6-8-14(9-7-13)18(2)3/h6-9,11-12H,4-5,10H2,1-3H3,(H,17,19)/t11-/m1/s1. The van der Waals surface area contributed by atoms with Crippen LogP contribution < -0.4 is 10.2 Å². The largest absolute Gasteiger partial charge is 0.452 e. The van der Waals surface area contributed by atoms with Gasteiger partial charge in [0, 0.05) is 25.8 Å². The molecule has 0 spiro atoms. The molecule has 0 unspecified atom stereocenters. The van der Waals surface area contributed by atoms with E-state index in [9.17, 15) is 9.59 Å². The highest BCUT2D eigenvalue weighted by Gasteiger charge is 2.28.